The van der Waals surface area contributed by atoms with Gasteiger partial charge in [-0.15, -0.1) is 0 Å². The summed E-state index contributed by atoms with van der Waals surface area (Å²) in [5, 5.41) is 25.4. The Morgan fingerprint density at radius 2 is 1.37 bits per heavy atom. The Labute approximate surface area is 457 Å². The minimum atomic E-state index is -4.87. The fourth-order valence-corrected chi connectivity index (χ4v) is 8.91. The number of nitrogens with one attached hydrogen (secondary N) is 2. The number of amides is 6. The number of rotatable bonds is 29. The topological polar surface area (TPSA) is 240 Å². The summed E-state index contributed by atoms with van der Waals surface area (Å²) in [6.45, 7) is 13.7. The lowest BCUT2D eigenvalue weighted by Crippen LogP contribution is -2.58. The maximum atomic E-state index is 13.9. The number of carbonyl (C=O) groups is 5. The van der Waals surface area contributed by atoms with Gasteiger partial charge >= 0.3 is 12.2 Å². The number of nitriles is 1. The highest BCUT2D eigenvalue weighted by molar-refractivity contribution is 6.30. The van der Waals surface area contributed by atoms with Gasteiger partial charge in [-0.25, -0.2) is 9.69 Å². The van der Waals surface area contributed by atoms with Crippen LogP contribution in [0.1, 0.15) is 76.6 Å². The van der Waals surface area contributed by atoms with Gasteiger partial charge in [0.2, 0.25) is 17.7 Å². The van der Waals surface area contributed by atoms with Crippen LogP contribution in [-0.2, 0) is 60.3 Å². The van der Waals surface area contributed by atoms with Crippen molar-refractivity contribution in [3.63, 3.8) is 0 Å². The molecule has 2 fully saturated rings. The number of likely N-dealkylation sites (tertiary alicyclic amines) is 1. The van der Waals surface area contributed by atoms with Crippen LogP contribution in [0.15, 0.2) is 77.4 Å². The maximum absolute atomic E-state index is 13.9. The normalized spacial score (nSPS) is 17.7. The second-order valence-corrected chi connectivity index (χ2v) is 20.4. The predicted octanol–water partition coefficient (Wildman–Crippen LogP) is 5.82. The van der Waals surface area contributed by atoms with Gasteiger partial charge in [-0.3, -0.25) is 29.1 Å². The molecule has 79 heavy (non-hydrogen) atoms. The number of benzene rings is 3. The van der Waals surface area contributed by atoms with E-state index < -0.39 is 70.2 Å². The second kappa shape index (κ2) is 28.4. The van der Waals surface area contributed by atoms with Crippen LogP contribution in [0, 0.1) is 16.7 Å². The number of alkyl halides is 3. The number of aliphatic hydroxyl groups excluding tert-OH is 1. The second-order valence-electron chi connectivity index (χ2n) is 20.4. The van der Waals surface area contributed by atoms with E-state index in [1.165, 1.54) is 29.7 Å². The van der Waals surface area contributed by atoms with Crippen molar-refractivity contribution < 1.29 is 75.4 Å². The van der Waals surface area contributed by atoms with E-state index >= 15 is 0 Å². The number of hydrogen-bond donors (Lipinski definition) is 3. The molecule has 3 heterocycles. The number of nitrogens with zero attached hydrogens (tertiary/aromatic N) is 5. The van der Waals surface area contributed by atoms with Gasteiger partial charge in [-0.1, -0.05) is 45.0 Å². The summed E-state index contributed by atoms with van der Waals surface area (Å²) < 4.78 is 79.8. The Bertz CT molecular complexity index is 2690. The SMILES string of the molecule is CC1=C(c2ccc(CNC(=O)[C@@H]3C[C@@H](O)CN3C(=O)[C@@H](NC(=O)COCCOCCOCCOCCOCCOCCOc3ccc(N4C(=O)N(c5ccc(C#N)c(C(F)(F)F)c5)C(=O)C4(C)C)cc3)C(C)(C)C)cc2)CC=N1. The third-order valence-electron chi connectivity index (χ3n) is 13.1. The molecule has 0 unspecified atom stereocenters. The Morgan fingerprint density at radius 3 is 1.90 bits per heavy atom. The van der Waals surface area contributed by atoms with Crippen LogP contribution in [0.25, 0.3) is 5.57 Å². The molecule has 2 saturated heterocycles. The van der Waals surface area contributed by atoms with E-state index in [0.717, 1.165) is 41.0 Å². The summed E-state index contributed by atoms with van der Waals surface area (Å²) in [5.41, 5.74) is 0.0944. The lowest BCUT2D eigenvalue weighted by Gasteiger charge is -2.35. The molecule has 3 N–H and O–H groups in total. The smallest absolute Gasteiger partial charge is 0.417 e. The standard InChI is InChI=1S/C56H70F3N7O13/c1-37-45(17-18-61-37)39-9-7-38(8-10-39)34-62-50(69)47-32-43(67)35-64(47)51(70)49(54(2,3)4)63-48(68)36-78-28-27-76-24-23-74-20-19-73-21-22-75-25-26-77-29-30-79-44-15-13-41(14-16-44)66-53(72)65(52(71)55(66,5)6)42-12-11-40(33-60)46(31-42)56(57,58)59/h7-16,18,31,43,47,49,67H,17,19-30,32,34-36H2,1-6H3,(H,62,69)(H,63,68)/t43-,47+,49-/m1/s1. The van der Waals surface area contributed by atoms with Gasteiger partial charge in [-0.2, -0.15) is 18.4 Å². The van der Waals surface area contributed by atoms with Crippen LogP contribution in [-0.4, -0.2) is 162 Å². The van der Waals surface area contributed by atoms with E-state index in [-0.39, 0.29) is 64.1 Å². The monoisotopic (exact) mass is 1110 g/mol. The Morgan fingerprint density at radius 1 is 0.810 bits per heavy atom. The third kappa shape index (κ3) is 16.9. The minimum Gasteiger partial charge on any atom is -0.491 e. The maximum Gasteiger partial charge on any atom is 0.417 e. The van der Waals surface area contributed by atoms with Crippen molar-refractivity contribution in [2.75, 3.05) is 102 Å². The fourth-order valence-electron chi connectivity index (χ4n) is 8.91. The zero-order valence-electron chi connectivity index (χ0n) is 45.4. The molecule has 20 nitrogen and oxygen atoms in total. The number of allylic oxidation sites excluding steroid dienone is 2. The van der Waals surface area contributed by atoms with Crippen molar-refractivity contribution >= 4 is 52.8 Å². The number of anilines is 2. The fraction of sp³-hybridized carbons (Fsp3) is 0.518. The van der Waals surface area contributed by atoms with Gasteiger partial charge in [0.05, 0.1) is 102 Å². The summed E-state index contributed by atoms with van der Waals surface area (Å²) in [4.78, 5) is 74.7. The molecule has 3 aromatic rings. The first-order valence-corrected chi connectivity index (χ1v) is 26.0. The van der Waals surface area contributed by atoms with Gasteiger partial charge in [0.1, 0.15) is 36.6 Å². The van der Waals surface area contributed by atoms with Crippen LogP contribution in [0.4, 0.5) is 29.3 Å². The van der Waals surface area contributed by atoms with Crippen molar-refractivity contribution in [3.05, 3.63) is 94.7 Å². The van der Waals surface area contributed by atoms with Crippen LogP contribution < -0.4 is 25.2 Å². The zero-order valence-corrected chi connectivity index (χ0v) is 45.4. The molecule has 3 atom stereocenters. The molecular weight excluding hydrogens is 1040 g/mol. The minimum absolute atomic E-state index is 0.0359. The Balaban J connectivity index is 0.753. The van der Waals surface area contributed by atoms with Crippen molar-refractivity contribution in [2.45, 2.75) is 90.8 Å². The number of aliphatic imine (C=N–C) groups is 1. The molecule has 6 rings (SSSR count). The molecule has 0 aromatic heterocycles. The Kier molecular flexibility index (Phi) is 22.1. The summed E-state index contributed by atoms with van der Waals surface area (Å²) in [6, 6.07) is 15.6. The highest BCUT2D eigenvalue weighted by atomic mass is 19.4. The summed E-state index contributed by atoms with van der Waals surface area (Å²) >= 11 is 0. The van der Waals surface area contributed by atoms with E-state index in [1.54, 1.807) is 24.3 Å². The summed E-state index contributed by atoms with van der Waals surface area (Å²) in [6.07, 6.45) is -3.02. The highest BCUT2D eigenvalue weighted by Gasteiger charge is 2.53. The molecule has 0 saturated carbocycles. The molecule has 0 aliphatic carbocycles. The predicted molar refractivity (Wildman–Crippen MR) is 284 cm³/mol. The molecule has 3 aliphatic heterocycles. The van der Waals surface area contributed by atoms with Gasteiger partial charge in [0, 0.05) is 43.5 Å². The van der Waals surface area contributed by atoms with Crippen LogP contribution >= 0.6 is 0 Å². The third-order valence-corrected chi connectivity index (χ3v) is 13.1. The first-order chi connectivity index (χ1) is 37.6. The molecular formula is C56H70F3N7O13. The Hall–Kier alpha value is -6.78. The van der Waals surface area contributed by atoms with Gasteiger partial charge < -0.3 is 53.8 Å². The summed E-state index contributed by atoms with van der Waals surface area (Å²) in [7, 11) is 0. The first-order valence-electron chi connectivity index (χ1n) is 26.0. The first kappa shape index (κ1) is 61.4. The van der Waals surface area contributed by atoms with Crippen LogP contribution in [0.5, 0.6) is 5.75 Å². The molecule has 0 spiro atoms. The average molecular weight is 1110 g/mol. The van der Waals surface area contributed by atoms with Crippen molar-refractivity contribution in [3.8, 4) is 11.8 Å². The van der Waals surface area contributed by atoms with Gasteiger partial charge in [0.25, 0.3) is 5.91 Å². The number of ether oxygens (including phenoxy) is 7. The van der Waals surface area contributed by atoms with E-state index in [1.807, 2.05) is 58.2 Å². The quantitative estimate of drug-likeness (QED) is 0.0549. The lowest BCUT2D eigenvalue weighted by molar-refractivity contribution is -0.144. The number of imide groups is 1. The molecule has 3 aliphatic rings. The van der Waals surface area contributed by atoms with E-state index in [0.29, 0.717) is 75.3 Å². The molecule has 0 radical (unpaired) electrons. The summed E-state index contributed by atoms with van der Waals surface area (Å²) in [5.74, 6) is -1.64. The van der Waals surface area contributed by atoms with Crippen molar-refractivity contribution in [1.82, 2.24) is 15.5 Å². The molecule has 0 bridgehead atoms. The highest BCUT2D eigenvalue weighted by Crippen LogP contribution is 2.40. The number of hydrogen-bond acceptors (Lipinski definition) is 15. The van der Waals surface area contributed by atoms with E-state index in [9.17, 15) is 42.3 Å². The van der Waals surface area contributed by atoms with Crippen LogP contribution in [0.3, 0.4) is 0 Å². The molecule has 3 aromatic carbocycles. The lowest BCUT2D eigenvalue weighted by atomic mass is 9.85. The average Bonchev–Trinajstić information content (AvgIpc) is 4.29. The van der Waals surface area contributed by atoms with Gasteiger partial charge in [-0.05, 0) is 85.4 Å². The molecule has 23 heteroatoms. The number of urea groups is 1. The molecule has 6 amide bonds. The number of β-amino-alcohol motifs (C(OH)–C–C–N with tert-alkyl or cyclic N) is 1. The number of halogens is 3. The number of aliphatic hydroxyl groups is 1. The van der Waals surface area contributed by atoms with E-state index in [2.05, 4.69) is 15.6 Å². The van der Waals surface area contributed by atoms with Crippen LogP contribution in [0.2, 0.25) is 0 Å². The van der Waals surface area contributed by atoms with Crippen molar-refractivity contribution in [2.24, 2.45) is 10.4 Å². The molecule has 428 valence electrons. The number of carbonyl (C=O) groups excluding carboxylic acids is 5. The van der Waals surface area contributed by atoms with E-state index in [4.69, 9.17) is 38.4 Å². The zero-order chi connectivity index (χ0) is 57.3. The van der Waals surface area contributed by atoms with Crippen molar-refractivity contribution in [1.29, 1.82) is 5.26 Å². The van der Waals surface area contributed by atoms with Gasteiger partial charge in [0.15, 0.2) is 0 Å². The largest absolute Gasteiger partial charge is 0.491 e.